The summed E-state index contributed by atoms with van der Waals surface area (Å²) in [4.78, 5) is 33.3. The highest BCUT2D eigenvalue weighted by Crippen LogP contribution is 2.10. The van der Waals surface area contributed by atoms with Crippen molar-refractivity contribution < 1.29 is 18.9 Å². The summed E-state index contributed by atoms with van der Waals surface area (Å²) in [7, 11) is 0. The van der Waals surface area contributed by atoms with Gasteiger partial charge in [0.05, 0.1) is 17.7 Å². The van der Waals surface area contributed by atoms with Crippen LogP contribution in [-0.2, 0) is 4.79 Å². The van der Waals surface area contributed by atoms with E-state index in [1.54, 1.807) is 0 Å². The van der Waals surface area contributed by atoms with Crippen LogP contribution in [0.5, 0.6) is 0 Å². The average molecular weight is 344 g/mol. The Labute approximate surface area is 141 Å². The van der Waals surface area contributed by atoms with Gasteiger partial charge < -0.3 is 5.32 Å². The Bertz CT molecular complexity index is 821. The van der Waals surface area contributed by atoms with E-state index in [0.29, 0.717) is 5.56 Å². The molecule has 0 saturated carbocycles. The van der Waals surface area contributed by atoms with Gasteiger partial charge in [-0.2, -0.15) is 5.10 Å². The van der Waals surface area contributed by atoms with Crippen LogP contribution < -0.4 is 10.7 Å². The van der Waals surface area contributed by atoms with Crippen molar-refractivity contribution in [3.8, 4) is 0 Å². The quantitative estimate of drug-likeness (QED) is 0.471. The number of hydrogen-bond acceptors (Lipinski definition) is 5. The molecule has 0 bridgehead atoms. The molecule has 0 aromatic heterocycles. The number of nitrogens with one attached hydrogen (secondary N) is 2. The third kappa shape index (κ3) is 5.50. The van der Waals surface area contributed by atoms with Crippen LogP contribution in [0.1, 0.15) is 15.9 Å². The fourth-order valence-electron chi connectivity index (χ4n) is 1.79. The lowest BCUT2D eigenvalue weighted by Gasteiger charge is -2.04. The van der Waals surface area contributed by atoms with Gasteiger partial charge in [-0.25, -0.2) is 9.82 Å². The normalized spacial score (nSPS) is 10.4. The number of amides is 2. The van der Waals surface area contributed by atoms with Crippen molar-refractivity contribution in [3.05, 3.63) is 75.6 Å². The zero-order valence-corrected chi connectivity index (χ0v) is 12.8. The fraction of sp³-hybridized carbons (Fsp3) is 0.0625. The number of hydrazone groups is 1. The van der Waals surface area contributed by atoms with Crippen molar-refractivity contribution in [1.82, 2.24) is 10.7 Å². The smallest absolute Gasteiger partial charge is 0.269 e. The lowest BCUT2D eigenvalue weighted by Crippen LogP contribution is -2.34. The maximum Gasteiger partial charge on any atom is 0.269 e. The number of halogens is 1. The van der Waals surface area contributed by atoms with E-state index >= 15 is 0 Å². The summed E-state index contributed by atoms with van der Waals surface area (Å²) in [6.07, 6.45) is 1.30. The summed E-state index contributed by atoms with van der Waals surface area (Å²) in [5.41, 5.74) is 2.79. The van der Waals surface area contributed by atoms with Gasteiger partial charge in [-0.3, -0.25) is 19.7 Å². The van der Waals surface area contributed by atoms with Crippen molar-refractivity contribution in [1.29, 1.82) is 0 Å². The SMILES string of the molecule is O=C(CNC(=O)c1cccc(F)c1)NN=Cc1ccc([N+](=O)[O-])cc1. The van der Waals surface area contributed by atoms with Crippen LogP contribution >= 0.6 is 0 Å². The molecule has 0 unspecified atom stereocenters. The number of benzene rings is 2. The van der Waals surface area contributed by atoms with Crippen LogP contribution in [0.4, 0.5) is 10.1 Å². The molecule has 0 aliphatic heterocycles. The van der Waals surface area contributed by atoms with Crippen LogP contribution in [0.3, 0.4) is 0 Å². The first kappa shape index (κ1) is 17.7. The van der Waals surface area contributed by atoms with E-state index < -0.39 is 22.6 Å². The average Bonchev–Trinajstić information content (AvgIpc) is 2.60. The summed E-state index contributed by atoms with van der Waals surface area (Å²) in [6.45, 7) is -0.340. The second kappa shape index (κ2) is 8.29. The number of nitro benzene ring substituents is 1. The van der Waals surface area contributed by atoms with Gasteiger partial charge in [0.2, 0.25) is 0 Å². The molecule has 0 aliphatic carbocycles. The zero-order chi connectivity index (χ0) is 18.2. The molecular weight excluding hydrogens is 331 g/mol. The maximum absolute atomic E-state index is 13.0. The van der Waals surface area contributed by atoms with Gasteiger partial charge in [-0.15, -0.1) is 0 Å². The number of carbonyl (C=O) groups excluding carboxylic acids is 2. The van der Waals surface area contributed by atoms with E-state index in [0.717, 1.165) is 6.07 Å². The Morgan fingerprint density at radius 2 is 1.92 bits per heavy atom. The summed E-state index contributed by atoms with van der Waals surface area (Å²) in [6, 6.07) is 10.6. The zero-order valence-electron chi connectivity index (χ0n) is 12.8. The minimum Gasteiger partial charge on any atom is -0.343 e. The molecule has 0 spiro atoms. The number of rotatable bonds is 6. The Morgan fingerprint density at radius 1 is 1.20 bits per heavy atom. The summed E-state index contributed by atoms with van der Waals surface area (Å²) in [5.74, 6) is -1.72. The molecule has 0 saturated heterocycles. The topological polar surface area (TPSA) is 114 Å². The molecule has 2 aromatic rings. The van der Waals surface area contributed by atoms with Crippen molar-refractivity contribution in [2.45, 2.75) is 0 Å². The van der Waals surface area contributed by atoms with E-state index in [2.05, 4.69) is 15.8 Å². The Morgan fingerprint density at radius 3 is 2.56 bits per heavy atom. The molecular formula is C16H13FN4O4. The van der Waals surface area contributed by atoms with Crippen LogP contribution in [0.15, 0.2) is 53.6 Å². The minimum atomic E-state index is -0.589. The number of hydrogen-bond donors (Lipinski definition) is 2. The Balaban J connectivity index is 1.80. The van der Waals surface area contributed by atoms with Gasteiger partial charge in [-0.05, 0) is 35.9 Å². The molecule has 0 aliphatic rings. The first-order valence-corrected chi connectivity index (χ1v) is 7.06. The molecule has 0 radical (unpaired) electrons. The fourth-order valence-corrected chi connectivity index (χ4v) is 1.79. The summed E-state index contributed by atoms with van der Waals surface area (Å²) in [5, 5.41) is 16.5. The molecule has 0 atom stereocenters. The van der Waals surface area contributed by atoms with Gasteiger partial charge in [0.1, 0.15) is 5.82 Å². The highest BCUT2D eigenvalue weighted by atomic mass is 19.1. The number of carbonyl (C=O) groups is 2. The van der Waals surface area contributed by atoms with E-state index in [1.807, 2.05) is 0 Å². The molecule has 2 amide bonds. The predicted octanol–water partition coefficient (Wildman–Crippen LogP) is 1.61. The minimum absolute atomic E-state index is 0.0544. The summed E-state index contributed by atoms with van der Waals surface area (Å²) >= 11 is 0. The lowest BCUT2D eigenvalue weighted by atomic mass is 10.2. The van der Waals surface area contributed by atoms with Gasteiger partial charge >= 0.3 is 0 Å². The Hall–Kier alpha value is -3.62. The molecule has 0 heterocycles. The third-order valence-corrected chi connectivity index (χ3v) is 3.00. The highest BCUT2D eigenvalue weighted by Gasteiger charge is 2.08. The Kier molecular flexibility index (Phi) is 5.88. The second-order valence-electron chi connectivity index (χ2n) is 4.83. The molecule has 2 aromatic carbocycles. The van der Waals surface area contributed by atoms with Gasteiger partial charge in [-0.1, -0.05) is 6.07 Å². The first-order valence-electron chi connectivity index (χ1n) is 7.06. The van der Waals surface area contributed by atoms with Crippen LogP contribution in [0.2, 0.25) is 0 Å². The second-order valence-corrected chi connectivity index (χ2v) is 4.83. The van der Waals surface area contributed by atoms with Crippen molar-refractivity contribution in [3.63, 3.8) is 0 Å². The van der Waals surface area contributed by atoms with Gasteiger partial charge in [0.25, 0.3) is 17.5 Å². The van der Waals surface area contributed by atoms with Gasteiger partial charge in [0, 0.05) is 17.7 Å². The standard InChI is InChI=1S/C16H13FN4O4/c17-13-3-1-2-12(8-13)16(23)18-10-15(22)20-19-9-11-4-6-14(7-5-11)21(24)25/h1-9H,10H2,(H,18,23)(H,20,22). The number of nitrogens with zero attached hydrogens (tertiary/aromatic N) is 2. The van der Waals surface area contributed by atoms with E-state index in [1.165, 1.54) is 48.7 Å². The number of non-ortho nitro benzene ring substituents is 1. The highest BCUT2D eigenvalue weighted by molar-refractivity contribution is 5.96. The largest absolute Gasteiger partial charge is 0.343 e. The van der Waals surface area contributed by atoms with Crippen LogP contribution in [-0.4, -0.2) is 29.5 Å². The van der Waals surface area contributed by atoms with Gasteiger partial charge in [0.15, 0.2) is 0 Å². The molecule has 2 N–H and O–H groups in total. The predicted molar refractivity (Wildman–Crippen MR) is 87.6 cm³/mol. The van der Waals surface area contributed by atoms with Crippen molar-refractivity contribution in [2.24, 2.45) is 5.10 Å². The van der Waals surface area contributed by atoms with Crippen molar-refractivity contribution in [2.75, 3.05) is 6.54 Å². The van der Waals surface area contributed by atoms with Crippen LogP contribution in [0, 0.1) is 15.9 Å². The lowest BCUT2D eigenvalue weighted by molar-refractivity contribution is -0.384. The molecule has 2 rings (SSSR count). The maximum atomic E-state index is 13.0. The molecule has 9 heteroatoms. The number of nitro groups is 1. The van der Waals surface area contributed by atoms with Crippen LogP contribution in [0.25, 0.3) is 0 Å². The molecule has 128 valence electrons. The first-order chi connectivity index (χ1) is 12.0. The van der Waals surface area contributed by atoms with E-state index in [9.17, 15) is 24.1 Å². The van der Waals surface area contributed by atoms with E-state index in [-0.39, 0.29) is 17.8 Å². The summed E-state index contributed by atoms with van der Waals surface area (Å²) < 4.78 is 13.0. The molecule has 0 fully saturated rings. The van der Waals surface area contributed by atoms with Crippen molar-refractivity contribution >= 4 is 23.7 Å². The molecule has 25 heavy (non-hydrogen) atoms. The monoisotopic (exact) mass is 344 g/mol. The molecule has 8 nitrogen and oxygen atoms in total. The van der Waals surface area contributed by atoms with E-state index in [4.69, 9.17) is 0 Å². The third-order valence-electron chi connectivity index (χ3n) is 3.00.